The number of hydrogen-bond acceptors (Lipinski definition) is 7. The number of hydrogen-bond donors (Lipinski definition) is 1. The van der Waals surface area contributed by atoms with E-state index < -0.39 is 6.17 Å². The van der Waals surface area contributed by atoms with Crippen molar-refractivity contribution in [1.29, 1.82) is 0 Å². The Morgan fingerprint density at radius 1 is 1.30 bits per heavy atom. The van der Waals surface area contributed by atoms with Gasteiger partial charge < -0.3 is 19.5 Å². The molecule has 0 aliphatic carbocycles. The van der Waals surface area contributed by atoms with Crippen molar-refractivity contribution in [3.63, 3.8) is 0 Å². The second-order valence-electron chi connectivity index (χ2n) is 7.98. The monoisotopic (exact) mass is 473 g/mol. The van der Waals surface area contributed by atoms with Crippen molar-refractivity contribution in [3.8, 4) is 5.75 Å². The molecule has 0 radical (unpaired) electrons. The summed E-state index contributed by atoms with van der Waals surface area (Å²) in [5.74, 6) is 0.951. The number of benzene rings is 1. The van der Waals surface area contributed by atoms with E-state index in [1.807, 2.05) is 23.1 Å². The quantitative estimate of drug-likeness (QED) is 0.554. The van der Waals surface area contributed by atoms with Crippen LogP contribution in [-0.4, -0.2) is 46.2 Å². The number of alkyl halides is 1. The minimum absolute atomic E-state index is 0.0856. The average Bonchev–Trinajstić information content (AvgIpc) is 2.82. The molecule has 0 saturated carbocycles. The van der Waals surface area contributed by atoms with E-state index in [0.29, 0.717) is 60.3 Å². The van der Waals surface area contributed by atoms with E-state index in [2.05, 4.69) is 15.3 Å². The summed E-state index contributed by atoms with van der Waals surface area (Å²) in [5, 5.41) is 4.29. The van der Waals surface area contributed by atoms with Crippen LogP contribution < -0.4 is 20.5 Å². The van der Waals surface area contributed by atoms with Gasteiger partial charge in [-0.2, -0.15) is 4.98 Å². The van der Waals surface area contributed by atoms with Crippen LogP contribution in [0.3, 0.4) is 0 Å². The van der Waals surface area contributed by atoms with Crippen LogP contribution in [0.5, 0.6) is 5.75 Å². The molecule has 1 N–H and O–H groups in total. The van der Waals surface area contributed by atoms with Crippen molar-refractivity contribution >= 4 is 45.7 Å². The number of nitrogens with one attached hydrogen (secondary N) is 1. The summed E-state index contributed by atoms with van der Waals surface area (Å²) in [6, 6.07) is 7.09. The normalized spacial score (nSPS) is 14.5. The molecule has 3 aromatic rings. The second-order valence-corrected chi connectivity index (χ2v) is 8.39. The van der Waals surface area contributed by atoms with E-state index >= 15 is 0 Å². The summed E-state index contributed by atoms with van der Waals surface area (Å²) in [7, 11) is 1.65. The number of aryl methyl sites for hydroxylation is 1. The molecule has 1 fully saturated rings. The number of anilines is 3. The van der Waals surface area contributed by atoms with Gasteiger partial charge in [-0.3, -0.25) is 9.59 Å². The van der Waals surface area contributed by atoms with Gasteiger partial charge in [0, 0.05) is 37.6 Å². The zero-order valence-electron chi connectivity index (χ0n) is 18.5. The van der Waals surface area contributed by atoms with Crippen molar-refractivity contribution in [2.45, 2.75) is 32.4 Å². The van der Waals surface area contributed by atoms with Gasteiger partial charge in [0.2, 0.25) is 5.95 Å². The smallest absolute Gasteiger partial charge is 0.293 e. The fourth-order valence-electron chi connectivity index (χ4n) is 3.68. The molecule has 10 heteroatoms. The van der Waals surface area contributed by atoms with E-state index in [9.17, 15) is 14.0 Å². The lowest BCUT2D eigenvalue weighted by atomic mass is 10.1. The molecule has 0 atom stereocenters. The van der Waals surface area contributed by atoms with Crippen molar-refractivity contribution in [3.05, 3.63) is 45.8 Å². The first kappa shape index (κ1) is 23.0. The van der Waals surface area contributed by atoms with E-state index in [1.54, 1.807) is 20.0 Å². The van der Waals surface area contributed by atoms with Gasteiger partial charge >= 0.3 is 0 Å². The minimum atomic E-state index is -0.784. The van der Waals surface area contributed by atoms with Gasteiger partial charge in [-0.25, -0.2) is 9.37 Å². The summed E-state index contributed by atoms with van der Waals surface area (Å²) in [6.45, 7) is 2.70. The molecule has 2 aromatic heterocycles. The fraction of sp³-hybridized carbons (Fsp3) is 0.391. The number of fused-ring (bicyclic) bond motifs is 1. The lowest BCUT2D eigenvalue weighted by Gasteiger charge is -2.28. The Morgan fingerprint density at radius 3 is 2.79 bits per heavy atom. The zero-order valence-corrected chi connectivity index (χ0v) is 19.2. The molecule has 3 heterocycles. The Hall–Kier alpha value is -3.20. The number of pyridine rings is 1. The first-order chi connectivity index (χ1) is 15.9. The Labute approximate surface area is 195 Å². The maximum absolute atomic E-state index is 13.5. The Bertz CT molecular complexity index is 1240. The van der Waals surface area contributed by atoms with Crippen molar-refractivity contribution < 1.29 is 13.9 Å². The highest BCUT2D eigenvalue weighted by Gasteiger charge is 2.21. The minimum Gasteiger partial charge on any atom is -0.480 e. The first-order valence-corrected chi connectivity index (χ1v) is 11.2. The number of ketones is 1. The molecule has 0 unspecified atom stereocenters. The lowest BCUT2D eigenvalue weighted by Crippen LogP contribution is -2.35. The van der Waals surface area contributed by atoms with Gasteiger partial charge in [0.25, 0.3) is 5.56 Å². The fourth-order valence-corrected chi connectivity index (χ4v) is 3.82. The molecular weight excluding hydrogens is 449 g/mol. The molecule has 4 rings (SSSR count). The molecule has 1 saturated heterocycles. The molecule has 1 aliphatic heterocycles. The number of carbonyl (C=O) groups excluding carboxylic acids is 1. The van der Waals surface area contributed by atoms with Gasteiger partial charge in [0.1, 0.15) is 17.8 Å². The number of halogens is 2. The largest absolute Gasteiger partial charge is 0.480 e. The van der Waals surface area contributed by atoms with Crippen LogP contribution >= 0.6 is 11.6 Å². The molecule has 1 aliphatic rings. The molecule has 0 amide bonds. The second kappa shape index (κ2) is 9.74. The Kier molecular flexibility index (Phi) is 6.78. The van der Waals surface area contributed by atoms with Crippen LogP contribution in [0.25, 0.3) is 10.9 Å². The number of Topliss-reactive ketones (excluding diaryl/α,β-unsaturated/α-hetero) is 1. The summed E-state index contributed by atoms with van der Waals surface area (Å²) in [4.78, 5) is 34.9. The summed E-state index contributed by atoms with van der Waals surface area (Å²) in [6.07, 6.45) is 1.98. The van der Waals surface area contributed by atoms with E-state index in [-0.39, 0.29) is 23.7 Å². The molecule has 1 aromatic carbocycles. The van der Waals surface area contributed by atoms with Crippen LogP contribution in [0.1, 0.15) is 26.2 Å². The number of rotatable bonds is 7. The molecule has 0 spiro atoms. The average molecular weight is 474 g/mol. The van der Waals surface area contributed by atoms with Crippen molar-refractivity contribution in [1.82, 2.24) is 14.5 Å². The Morgan fingerprint density at radius 2 is 2.06 bits per heavy atom. The zero-order chi connectivity index (χ0) is 23.5. The topological polar surface area (TPSA) is 89.3 Å². The van der Waals surface area contributed by atoms with Crippen LogP contribution in [0, 0.1) is 0 Å². The van der Waals surface area contributed by atoms with Crippen LogP contribution in [0.15, 0.2) is 35.3 Å². The first-order valence-electron chi connectivity index (χ1n) is 10.8. The number of piperidine rings is 1. The van der Waals surface area contributed by atoms with Crippen molar-refractivity contribution in [2.24, 2.45) is 7.05 Å². The molecular formula is C23H25ClFN5O3. The maximum atomic E-state index is 13.5. The summed E-state index contributed by atoms with van der Waals surface area (Å²) >= 11 is 6.32. The van der Waals surface area contributed by atoms with Crippen molar-refractivity contribution in [2.75, 3.05) is 29.9 Å². The van der Waals surface area contributed by atoms with Gasteiger partial charge in [0.05, 0.1) is 11.7 Å². The van der Waals surface area contributed by atoms with Gasteiger partial charge in [-0.05, 0) is 37.1 Å². The lowest BCUT2D eigenvalue weighted by molar-refractivity contribution is -0.120. The molecule has 174 valence electrons. The summed E-state index contributed by atoms with van der Waals surface area (Å²) in [5.41, 5.74) is 1.10. The highest BCUT2D eigenvalue weighted by molar-refractivity contribution is 6.32. The maximum Gasteiger partial charge on any atom is 0.293 e. The highest BCUT2D eigenvalue weighted by Crippen LogP contribution is 2.28. The third kappa shape index (κ3) is 5.08. The predicted octanol–water partition coefficient (Wildman–Crippen LogP) is 4.02. The van der Waals surface area contributed by atoms with Gasteiger partial charge in [-0.15, -0.1) is 0 Å². The standard InChI is InChI=1S/C23H25ClFN5O3/c1-3-17(31)13-33-20-11-14-10-16(4-5-19(14)29(2)22(20)32)27-21-18(24)12-26-23(28-21)30-8-6-15(25)7-9-30/h4-5,10-12,15H,3,6-9,13H2,1-2H3,(H,26,27,28). The number of carbonyl (C=O) groups is 1. The Balaban J connectivity index is 1.61. The van der Waals surface area contributed by atoms with Crippen LogP contribution in [0.2, 0.25) is 5.02 Å². The third-order valence-corrected chi connectivity index (χ3v) is 5.95. The predicted molar refractivity (Wildman–Crippen MR) is 127 cm³/mol. The highest BCUT2D eigenvalue weighted by atomic mass is 35.5. The summed E-state index contributed by atoms with van der Waals surface area (Å²) < 4.78 is 20.4. The molecule has 33 heavy (non-hydrogen) atoms. The molecule has 8 nitrogen and oxygen atoms in total. The van der Waals surface area contributed by atoms with E-state index in [0.717, 1.165) is 5.39 Å². The van der Waals surface area contributed by atoms with E-state index in [1.165, 1.54) is 10.8 Å². The molecule has 0 bridgehead atoms. The van der Waals surface area contributed by atoms with Gasteiger partial charge in [0.15, 0.2) is 17.4 Å². The number of aromatic nitrogens is 3. The number of nitrogens with zero attached hydrogens (tertiary/aromatic N) is 4. The third-order valence-electron chi connectivity index (χ3n) is 5.68. The van der Waals surface area contributed by atoms with Crippen LogP contribution in [0.4, 0.5) is 21.8 Å². The SMILES string of the molecule is CCC(=O)COc1cc2cc(Nc3nc(N4CCC(F)CC4)ncc3Cl)ccc2n(C)c1=O. The number of ether oxygens (including phenoxy) is 1. The van der Waals surface area contributed by atoms with Crippen LogP contribution in [-0.2, 0) is 11.8 Å². The van der Waals surface area contributed by atoms with Gasteiger partial charge in [-0.1, -0.05) is 18.5 Å². The van der Waals surface area contributed by atoms with E-state index in [4.69, 9.17) is 16.3 Å².